The maximum atomic E-state index is 6.16. The summed E-state index contributed by atoms with van der Waals surface area (Å²) in [5.41, 5.74) is 6.63. The van der Waals surface area contributed by atoms with Crippen LogP contribution in [0.4, 0.5) is 0 Å². The lowest BCUT2D eigenvalue weighted by Crippen LogP contribution is -2.49. The molecule has 1 aliphatic heterocycles. The highest BCUT2D eigenvalue weighted by atomic mass is 15.1. The standard InChI is InChI=1S/C17H32N2/c18-13-17(9-4-1-5-10-17)14-19-11-8-15-6-2-3-7-16(15)12-19/h15-16H,1-14,18H2. The number of fused-ring (bicyclic) bond motifs is 1. The number of hydrogen-bond donors (Lipinski definition) is 1. The van der Waals surface area contributed by atoms with Crippen LogP contribution in [0.25, 0.3) is 0 Å². The molecule has 2 N–H and O–H groups in total. The first-order chi connectivity index (χ1) is 9.31. The van der Waals surface area contributed by atoms with E-state index in [9.17, 15) is 0 Å². The first kappa shape index (κ1) is 13.9. The molecule has 3 rings (SSSR count). The molecule has 0 amide bonds. The van der Waals surface area contributed by atoms with Crippen molar-refractivity contribution < 1.29 is 0 Å². The summed E-state index contributed by atoms with van der Waals surface area (Å²) in [6.07, 6.45) is 14.5. The summed E-state index contributed by atoms with van der Waals surface area (Å²) in [4.78, 5) is 2.78. The highest BCUT2D eigenvalue weighted by Gasteiger charge is 2.36. The molecule has 0 aromatic rings. The lowest BCUT2D eigenvalue weighted by molar-refractivity contribution is 0.0400. The van der Waals surface area contributed by atoms with Gasteiger partial charge < -0.3 is 10.6 Å². The fourth-order valence-electron chi connectivity index (χ4n) is 5.02. The van der Waals surface area contributed by atoms with Crippen molar-refractivity contribution in [3.63, 3.8) is 0 Å². The highest BCUT2D eigenvalue weighted by molar-refractivity contribution is 4.90. The third-order valence-corrected chi connectivity index (χ3v) is 6.28. The van der Waals surface area contributed by atoms with E-state index in [0.717, 1.165) is 18.4 Å². The minimum absolute atomic E-state index is 0.472. The van der Waals surface area contributed by atoms with Crippen LogP contribution in [0.1, 0.15) is 64.2 Å². The van der Waals surface area contributed by atoms with Gasteiger partial charge in [-0.3, -0.25) is 0 Å². The minimum Gasteiger partial charge on any atom is -0.330 e. The first-order valence-electron chi connectivity index (χ1n) is 8.74. The fourth-order valence-corrected chi connectivity index (χ4v) is 5.02. The number of piperidine rings is 1. The Morgan fingerprint density at radius 1 is 0.895 bits per heavy atom. The maximum absolute atomic E-state index is 6.16. The van der Waals surface area contributed by atoms with Crippen LogP contribution in [-0.4, -0.2) is 31.1 Å². The molecule has 3 aliphatic rings. The van der Waals surface area contributed by atoms with Crippen molar-refractivity contribution in [3.8, 4) is 0 Å². The highest BCUT2D eigenvalue weighted by Crippen LogP contribution is 2.40. The van der Waals surface area contributed by atoms with E-state index < -0.39 is 0 Å². The Morgan fingerprint density at radius 3 is 2.37 bits per heavy atom. The average Bonchev–Trinajstić information content (AvgIpc) is 2.48. The molecule has 19 heavy (non-hydrogen) atoms. The summed E-state index contributed by atoms with van der Waals surface area (Å²) >= 11 is 0. The topological polar surface area (TPSA) is 29.3 Å². The Morgan fingerprint density at radius 2 is 1.63 bits per heavy atom. The smallest absolute Gasteiger partial charge is 0.00502 e. The molecule has 2 nitrogen and oxygen atoms in total. The number of nitrogens with two attached hydrogens (primary N) is 1. The van der Waals surface area contributed by atoms with Gasteiger partial charge in [-0.15, -0.1) is 0 Å². The zero-order chi connectivity index (χ0) is 13.1. The SMILES string of the molecule is NCC1(CN2CCC3CCCCC3C2)CCCCC1. The monoisotopic (exact) mass is 264 g/mol. The Bertz CT molecular complexity index is 283. The second-order valence-corrected chi connectivity index (χ2v) is 7.59. The van der Waals surface area contributed by atoms with Crippen molar-refractivity contribution in [2.45, 2.75) is 64.2 Å². The molecule has 2 unspecified atom stereocenters. The van der Waals surface area contributed by atoms with E-state index in [1.807, 2.05) is 0 Å². The number of nitrogens with zero attached hydrogens (tertiary/aromatic N) is 1. The van der Waals surface area contributed by atoms with Crippen molar-refractivity contribution in [1.82, 2.24) is 4.90 Å². The molecule has 2 aliphatic carbocycles. The molecule has 2 saturated carbocycles. The van der Waals surface area contributed by atoms with Crippen LogP contribution in [0, 0.1) is 17.3 Å². The minimum atomic E-state index is 0.472. The van der Waals surface area contributed by atoms with Crippen molar-refractivity contribution in [3.05, 3.63) is 0 Å². The third-order valence-electron chi connectivity index (χ3n) is 6.28. The van der Waals surface area contributed by atoms with Gasteiger partial charge in [-0.25, -0.2) is 0 Å². The van der Waals surface area contributed by atoms with Crippen LogP contribution in [0.2, 0.25) is 0 Å². The van der Waals surface area contributed by atoms with Crippen LogP contribution >= 0.6 is 0 Å². The van der Waals surface area contributed by atoms with E-state index in [-0.39, 0.29) is 0 Å². The molecule has 1 saturated heterocycles. The maximum Gasteiger partial charge on any atom is 0.00502 e. The van der Waals surface area contributed by atoms with E-state index >= 15 is 0 Å². The van der Waals surface area contributed by atoms with Crippen LogP contribution in [0.5, 0.6) is 0 Å². The van der Waals surface area contributed by atoms with Gasteiger partial charge in [0.1, 0.15) is 0 Å². The van der Waals surface area contributed by atoms with Crippen LogP contribution in [-0.2, 0) is 0 Å². The Balaban J connectivity index is 1.57. The molecule has 110 valence electrons. The van der Waals surface area contributed by atoms with Crippen molar-refractivity contribution in [2.75, 3.05) is 26.2 Å². The van der Waals surface area contributed by atoms with Gasteiger partial charge in [0.25, 0.3) is 0 Å². The second-order valence-electron chi connectivity index (χ2n) is 7.59. The second kappa shape index (κ2) is 6.13. The number of rotatable bonds is 3. The fraction of sp³-hybridized carbons (Fsp3) is 1.00. The Labute approximate surface area is 119 Å². The molecular weight excluding hydrogens is 232 g/mol. The van der Waals surface area contributed by atoms with Gasteiger partial charge in [0.15, 0.2) is 0 Å². The average molecular weight is 264 g/mol. The molecule has 0 spiro atoms. The molecule has 2 atom stereocenters. The predicted molar refractivity (Wildman–Crippen MR) is 81.1 cm³/mol. The summed E-state index contributed by atoms with van der Waals surface area (Å²) in [5.74, 6) is 2.08. The summed E-state index contributed by atoms with van der Waals surface area (Å²) in [7, 11) is 0. The van der Waals surface area contributed by atoms with Gasteiger partial charge in [-0.05, 0) is 56.0 Å². The van der Waals surface area contributed by atoms with Crippen molar-refractivity contribution >= 4 is 0 Å². The van der Waals surface area contributed by atoms with Crippen molar-refractivity contribution in [2.24, 2.45) is 23.0 Å². The zero-order valence-electron chi connectivity index (χ0n) is 12.6. The molecule has 0 bridgehead atoms. The molecule has 0 aromatic carbocycles. The predicted octanol–water partition coefficient (Wildman–Crippen LogP) is 3.41. The Kier molecular flexibility index (Phi) is 4.48. The summed E-state index contributed by atoms with van der Waals surface area (Å²) < 4.78 is 0. The van der Waals surface area contributed by atoms with Crippen molar-refractivity contribution in [1.29, 1.82) is 0 Å². The van der Waals surface area contributed by atoms with Gasteiger partial charge in [0.05, 0.1) is 0 Å². The lowest BCUT2D eigenvalue weighted by atomic mass is 9.71. The van der Waals surface area contributed by atoms with Crippen LogP contribution in [0.3, 0.4) is 0 Å². The number of likely N-dealkylation sites (tertiary alicyclic amines) is 1. The zero-order valence-corrected chi connectivity index (χ0v) is 12.6. The van der Waals surface area contributed by atoms with Crippen LogP contribution < -0.4 is 5.73 Å². The summed E-state index contributed by atoms with van der Waals surface area (Å²) in [5, 5.41) is 0. The van der Waals surface area contributed by atoms with E-state index in [1.54, 1.807) is 0 Å². The van der Waals surface area contributed by atoms with Gasteiger partial charge in [0.2, 0.25) is 0 Å². The summed E-state index contributed by atoms with van der Waals surface area (Å²) in [6, 6.07) is 0. The van der Waals surface area contributed by atoms with E-state index in [2.05, 4.69) is 4.90 Å². The first-order valence-corrected chi connectivity index (χ1v) is 8.74. The number of hydrogen-bond acceptors (Lipinski definition) is 2. The molecule has 0 radical (unpaired) electrons. The van der Waals surface area contributed by atoms with E-state index in [0.29, 0.717) is 5.41 Å². The molecule has 1 heterocycles. The Hall–Kier alpha value is -0.0800. The lowest BCUT2D eigenvalue weighted by Gasteiger charge is -2.46. The normalized spacial score (nSPS) is 35.8. The third kappa shape index (κ3) is 3.16. The van der Waals surface area contributed by atoms with E-state index in [4.69, 9.17) is 5.73 Å². The van der Waals surface area contributed by atoms with Gasteiger partial charge in [-0.2, -0.15) is 0 Å². The molecule has 0 aromatic heterocycles. The largest absolute Gasteiger partial charge is 0.330 e. The van der Waals surface area contributed by atoms with Gasteiger partial charge >= 0.3 is 0 Å². The van der Waals surface area contributed by atoms with Gasteiger partial charge in [0, 0.05) is 13.1 Å². The van der Waals surface area contributed by atoms with Crippen LogP contribution in [0.15, 0.2) is 0 Å². The molecular formula is C17H32N2. The van der Waals surface area contributed by atoms with Gasteiger partial charge in [-0.1, -0.05) is 38.5 Å². The quantitative estimate of drug-likeness (QED) is 0.846. The molecule has 3 fully saturated rings. The van der Waals surface area contributed by atoms with E-state index in [1.165, 1.54) is 83.8 Å². The molecule has 2 heteroatoms. The summed E-state index contributed by atoms with van der Waals surface area (Å²) in [6.45, 7) is 4.94.